The molecule has 0 saturated carbocycles. The monoisotopic (exact) mass is 494 g/mol. The Hall–Kier alpha value is -3.80. The topological polar surface area (TPSA) is 138 Å². The molecule has 2 heterocycles. The number of ether oxygens (including phenoxy) is 1. The second-order valence-electron chi connectivity index (χ2n) is 7.81. The summed E-state index contributed by atoms with van der Waals surface area (Å²) in [7, 11) is 2.15. The SMILES string of the molecule is COC(=O)Cn1c(=O)n(C)c(=O)n(-c2cc(-n3c(O)c4c(c3O)CCCC4)c(F)cc2Cl)c1=O. The van der Waals surface area contributed by atoms with Gasteiger partial charge in [0.15, 0.2) is 0 Å². The van der Waals surface area contributed by atoms with E-state index < -0.39 is 35.4 Å². The van der Waals surface area contributed by atoms with Crippen LogP contribution in [0.2, 0.25) is 5.02 Å². The van der Waals surface area contributed by atoms with Crippen molar-refractivity contribution in [1.29, 1.82) is 0 Å². The summed E-state index contributed by atoms with van der Waals surface area (Å²) in [5, 5.41) is 21.0. The first kappa shape index (κ1) is 23.4. The lowest BCUT2D eigenvalue weighted by molar-refractivity contribution is -0.141. The average molecular weight is 495 g/mol. The highest BCUT2D eigenvalue weighted by atomic mass is 35.5. The van der Waals surface area contributed by atoms with Gasteiger partial charge in [0.05, 0.1) is 23.5 Å². The lowest BCUT2D eigenvalue weighted by Crippen LogP contribution is -2.53. The van der Waals surface area contributed by atoms with Crippen molar-refractivity contribution >= 4 is 17.6 Å². The predicted molar refractivity (Wildman–Crippen MR) is 118 cm³/mol. The Labute approximate surface area is 195 Å². The number of hydrogen-bond acceptors (Lipinski definition) is 7. The lowest BCUT2D eigenvalue weighted by Gasteiger charge is -2.15. The Morgan fingerprint density at radius 2 is 1.59 bits per heavy atom. The van der Waals surface area contributed by atoms with E-state index in [0.29, 0.717) is 37.7 Å². The molecule has 1 aliphatic rings. The van der Waals surface area contributed by atoms with E-state index in [0.717, 1.165) is 43.7 Å². The van der Waals surface area contributed by atoms with E-state index in [4.69, 9.17) is 11.6 Å². The van der Waals surface area contributed by atoms with Crippen LogP contribution >= 0.6 is 11.6 Å². The quantitative estimate of drug-likeness (QED) is 0.510. The molecule has 0 saturated heterocycles. The fraction of sp³-hybridized carbons (Fsp3) is 0.333. The van der Waals surface area contributed by atoms with Gasteiger partial charge in [0.2, 0.25) is 11.8 Å². The molecule has 180 valence electrons. The maximum Gasteiger partial charge on any atom is 0.341 e. The molecule has 0 radical (unpaired) electrons. The summed E-state index contributed by atoms with van der Waals surface area (Å²) in [5.41, 5.74) is -3.10. The van der Waals surface area contributed by atoms with Crippen molar-refractivity contribution in [3.63, 3.8) is 0 Å². The molecule has 1 aliphatic carbocycles. The Morgan fingerprint density at radius 1 is 1.00 bits per heavy atom. The van der Waals surface area contributed by atoms with Crippen LogP contribution < -0.4 is 17.1 Å². The third kappa shape index (κ3) is 3.50. The van der Waals surface area contributed by atoms with E-state index in [-0.39, 0.29) is 28.2 Å². The van der Waals surface area contributed by atoms with Crippen molar-refractivity contribution in [3.8, 4) is 23.1 Å². The number of hydrogen-bond donors (Lipinski definition) is 2. The Balaban J connectivity index is 2.01. The summed E-state index contributed by atoms with van der Waals surface area (Å²) in [5.74, 6) is -2.59. The summed E-state index contributed by atoms with van der Waals surface area (Å²) in [6.45, 7) is -0.778. The largest absolute Gasteiger partial charge is 0.494 e. The standard InChI is InChI=1S/C21H20ClFN4O7/c1-24-19(31)25(9-16(28)34-2)21(33)27(20(24)32)14-8-15(13(23)7-12(14)22)26-17(29)10-5-3-4-6-11(10)18(26)30/h7-8,29-30H,3-6,9H2,1-2H3. The van der Waals surface area contributed by atoms with Crippen LogP contribution in [0.15, 0.2) is 26.5 Å². The molecule has 0 spiro atoms. The number of carbonyl (C=O) groups is 1. The molecule has 0 bridgehead atoms. The smallest absolute Gasteiger partial charge is 0.341 e. The van der Waals surface area contributed by atoms with Crippen LogP contribution in [0.1, 0.15) is 24.0 Å². The van der Waals surface area contributed by atoms with Crippen LogP contribution in [0.4, 0.5) is 4.39 Å². The lowest BCUT2D eigenvalue weighted by atomic mass is 9.95. The van der Waals surface area contributed by atoms with Gasteiger partial charge < -0.3 is 14.9 Å². The molecule has 0 amide bonds. The molecular formula is C21H20ClFN4O7. The Morgan fingerprint density at radius 3 is 2.15 bits per heavy atom. The van der Waals surface area contributed by atoms with Crippen molar-refractivity contribution in [2.24, 2.45) is 7.05 Å². The van der Waals surface area contributed by atoms with Gasteiger partial charge in [0, 0.05) is 18.2 Å². The van der Waals surface area contributed by atoms with E-state index >= 15 is 0 Å². The van der Waals surface area contributed by atoms with E-state index in [1.54, 1.807) is 0 Å². The van der Waals surface area contributed by atoms with Crippen molar-refractivity contribution in [2.45, 2.75) is 32.2 Å². The van der Waals surface area contributed by atoms with Gasteiger partial charge in [-0.2, -0.15) is 0 Å². The number of fused-ring (bicyclic) bond motifs is 1. The first-order valence-corrected chi connectivity index (χ1v) is 10.6. The second kappa shape index (κ2) is 8.52. The molecule has 2 aromatic heterocycles. The molecule has 0 unspecified atom stereocenters. The third-order valence-corrected chi connectivity index (χ3v) is 6.17. The van der Waals surface area contributed by atoms with Crippen LogP contribution in [0.3, 0.4) is 0 Å². The zero-order chi connectivity index (χ0) is 24.9. The molecule has 34 heavy (non-hydrogen) atoms. The fourth-order valence-corrected chi connectivity index (χ4v) is 4.33. The highest BCUT2D eigenvalue weighted by Crippen LogP contribution is 2.42. The minimum Gasteiger partial charge on any atom is -0.494 e. The summed E-state index contributed by atoms with van der Waals surface area (Å²) in [4.78, 5) is 50.0. The maximum absolute atomic E-state index is 15.0. The molecule has 4 rings (SSSR count). The zero-order valence-electron chi connectivity index (χ0n) is 18.2. The molecule has 2 N–H and O–H groups in total. The summed E-state index contributed by atoms with van der Waals surface area (Å²) < 4.78 is 21.9. The number of aromatic hydroxyl groups is 2. The van der Waals surface area contributed by atoms with Gasteiger partial charge in [0.1, 0.15) is 12.4 Å². The van der Waals surface area contributed by atoms with Crippen molar-refractivity contribution < 1.29 is 24.1 Å². The first-order chi connectivity index (χ1) is 16.1. The van der Waals surface area contributed by atoms with Gasteiger partial charge in [-0.05, 0) is 37.8 Å². The minimum absolute atomic E-state index is 0.326. The molecule has 0 aliphatic heterocycles. The maximum atomic E-state index is 15.0. The number of esters is 1. The molecule has 1 aromatic carbocycles. The van der Waals surface area contributed by atoms with Gasteiger partial charge in [0.25, 0.3) is 0 Å². The number of halogens is 2. The number of rotatable bonds is 4. The highest BCUT2D eigenvalue weighted by Gasteiger charge is 2.28. The van der Waals surface area contributed by atoms with Crippen LogP contribution in [0.5, 0.6) is 11.8 Å². The van der Waals surface area contributed by atoms with Crippen LogP contribution in [0.25, 0.3) is 11.4 Å². The molecule has 3 aromatic rings. The second-order valence-corrected chi connectivity index (χ2v) is 8.21. The van der Waals surface area contributed by atoms with Crippen molar-refractivity contribution in [2.75, 3.05) is 7.11 Å². The number of methoxy groups -OCH3 is 1. The van der Waals surface area contributed by atoms with Crippen LogP contribution in [-0.2, 0) is 36.0 Å². The van der Waals surface area contributed by atoms with Crippen molar-refractivity contribution in [3.05, 3.63) is 65.6 Å². The van der Waals surface area contributed by atoms with Crippen LogP contribution in [0, 0.1) is 5.82 Å². The van der Waals surface area contributed by atoms with Gasteiger partial charge in [-0.15, -0.1) is 0 Å². The summed E-state index contributed by atoms with van der Waals surface area (Å²) in [6.07, 6.45) is 2.54. The Kier molecular flexibility index (Phi) is 5.86. The summed E-state index contributed by atoms with van der Waals surface area (Å²) >= 11 is 6.16. The molecule has 0 atom stereocenters. The highest BCUT2D eigenvalue weighted by molar-refractivity contribution is 6.32. The van der Waals surface area contributed by atoms with E-state index in [9.17, 15) is 33.8 Å². The zero-order valence-corrected chi connectivity index (χ0v) is 18.9. The summed E-state index contributed by atoms with van der Waals surface area (Å²) in [6, 6.07) is 1.81. The van der Waals surface area contributed by atoms with Gasteiger partial charge in [-0.25, -0.2) is 37.0 Å². The molecular weight excluding hydrogens is 475 g/mol. The predicted octanol–water partition coefficient (Wildman–Crippen LogP) is 0.744. The number of nitrogens with zero attached hydrogens (tertiary/aromatic N) is 4. The molecule has 13 heteroatoms. The number of benzene rings is 1. The van der Waals surface area contributed by atoms with Crippen molar-refractivity contribution in [1.82, 2.24) is 18.3 Å². The van der Waals surface area contributed by atoms with E-state index in [2.05, 4.69) is 4.74 Å². The van der Waals surface area contributed by atoms with E-state index in [1.165, 1.54) is 0 Å². The molecule has 11 nitrogen and oxygen atoms in total. The fourth-order valence-electron chi connectivity index (χ4n) is 4.10. The average Bonchev–Trinajstić information content (AvgIpc) is 3.07. The van der Waals surface area contributed by atoms with Gasteiger partial charge in [-0.3, -0.25) is 4.79 Å². The Bertz CT molecular complexity index is 1490. The number of aromatic nitrogens is 4. The van der Waals surface area contributed by atoms with Gasteiger partial charge in [-0.1, -0.05) is 11.6 Å². The normalized spacial score (nSPS) is 13.1. The van der Waals surface area contributed by atoms with E-state index in [1.807, 2.05) is 0 Å². The first-order valence-electron chi connectivity index (χ1n) is 10.2. The minimum atomic E-state index is -1.21. The number of carbonyl (C=O) groups excluding carboxylic acids is 1. The third-order valence-electron chi connectivity index (χ3n) is 5.86. The van der Waals surface area contributed by atoms with Gasteiger partial charge >= 0.3 is 23.0 Å². The molecule has 0 fully saturated rings. The van der Waals surface area contributed by atoms with Crippen LogP contribution in [-0.4, -0.2) is 41.6 Å².